The number of hydrogen-bond donors (Lipinski definition) is 1. The minimum Gasteiger partial charge on any atom is -0.360 e. The molecule has 0 bridgehead atoms. The summed E-state index contributed by atoms with van der Waals surface area (Å²) in [7, 11) is 0. The Morgan fingerprint density at radius 2 is 2.12 bits per heavy atom. The molecule has 0 saturated carbocycles. The number of carbonyl (C=O) groups excluding carboxylic acids is 1. The Hall–Kier alpha value is -3.25. The van der Waals surface area contributed by atoms with Gasteiger partial charge in [0.15, 0.2) is 5.78 Å². The van der Waals surface area contributed by atoms with Gasteiger partial charge in [0.25, 0.3) is 0 Å². The molecule has 0 aliphatic rings. The van der Waals surface area contributed by atoms with E-state index >= 15 is 0 Å². The fourth-order valence-electron chi connectivity index (χ4n) is 2.71. The number of carbonyl (C=O) groups is 1. The predicted octanol–water partition coefficient (Wildman–Crippen LogP) is 4.44. The highest BCUT2D eigenvalue weighted by molar-refractivity contribution is 6.31. The molecule has 2 aromatic carbocycles. The van der Waals surface area contributed by atoms with Crippen LogP contribution in [-0.2, 0) is 0 Å². The monoisotopic (exact) mass is 366 g/mol. The molecule has 2 aromatic heterocycles. The lowest BCUT2D eigenvalue weighted by Gasteiger charge is -2.03. The molecule has 0 aliphatic heterocycles. The van der Waals surface area contributed by atoms with Crippen LogP contribution in [0.15, 0.2) is 61.3 Å². The average Bonchev–Trinajstić information content (AvgIpc) is 3.29. The van der Waals surface area contributed by atoms with Crippen molar-refractivity contribution in [1.82, 2.24) is 19.7 Å². The zero-order valence-electron chi connectivity index (χ0n) is 13.4. The van der Waals surface area contributed by atoms with Crippen LogP contribution in [0.25, 0.3) is 22.7 Å². The molecule has 4 rings (SSSR count). The second kappa shape index (κ2) is 6.57. The molecule has 5 nitrogen and oxygen atoms in total. The third-order valence-corrected chi connectivity index (χ3v) is 4.21. The zero-order chi connectivity index (χ0) is 18.1. The van der Waals surface area contributed by atoms with E-state index in [-0.39, 0.29) is 5.78 Å². The minimum atomic E-state index is -0.452. The first kappa shape index (κ1) is 16.2. The molecule has 0 atom stereocenters. The maximum Gasteiger partial charge on any atom is 0.187 e. The fourth-order valence-corrected chi connectivity index (χ4v) is 2.88. The normalized spacial score (nSPS) is 11.5. The van der Waals surface area contributed by atoms with Gasteiger partial charge in [-0.25, -0.2) is 14.1 Å². The van der Waals surface area contributed by atoms with Gasteiger partial charge in [0, 0.05) is 27.7 Å². The molecule has 0 spiro atoms. The summed E-state index contributed by atoms with van der Waals surface area (Å²) in [5.74, 6) is -0.633. The number of benzene rings is 2. The first-order valence-corrected chi connectivity index (χ1v) is 8.13. The summed E-state index contributed by atoms with van der Waals surface area (Å²) in [6.07, 6.45) is 7.38. The van der Waals surface area contributed by atoms with Crippen LogP contribution in [0.5, 0.6) is 0 Å². The van der Waals surface area contributed by atoms with Gasteiger partial charge in [-0.05, 0) is 35.9 Å². The van der Waals surface area contributed by atoms with Crippen LogP contribution in [-0.4, -0.2) is 25.5 Å². The number of aromatic nitrogens is 4. The van der Waals surface area contributed by atoms with E-state index in [1.807, 2.05) is 0 Å². The van der Waals surface area contributed by atoms with Crippen molar-refractivity contribution in [2.24, 2.45) is 0 Å². The standard InChI is InChI=1S/C19H12ClFN4O/c20-13-3-4-14-15(9-23-17(14)8-13)19(26)6-2-12-1-5-18(16(21)7-12)25-11-22-10-24-25/h1-11,23H. The van der Waals surface area contributed by atoms with Gasteiger partial charge in [0.2, 0.25) is 0 Å². The molecule has 7 heteroatoms. The second-order valence-corrected chi connectivity index (χ2v) is 6.08. The molecule has 0 amide bonds. The van der Waals surface area contributed by atoms with Gasteiger partial charge < -0.3 is 4.98 Å². The number of nitrogens with one attached hydrogen (secondary N) is 1. The number of H-pyrrole nitrogens is 1. The fraction of sp³-hybridized carbons (Fsp3) is 0. The minimum absolute atomic E-state index is 0.181. The van der Waals surface area contributed by atoms with Crippen molar-refractivity contribution in [2.45, 2.75) is 0 Å². The maximum atomic E-state index is 14.2. The van der Waals surface area contributed by atoms with Crippen LogP contribution < -0.4 is 0 Å². The summed E-state index contributed by atoms with van der Waals surface area (Å²) in [4.78, 5) is 19.3. The highest BCUT2D eigenvalue weighted by Gasteiger charge is 2.10. The van der Waals surface area contributed by atoms with Gasteiger partial charge in [-0.15, -0.1) is 0 Å². The van der Waals surface area contributed by atoms with E-state index in [9.17, 15) is 9.18 Å². The maximum absolute atomic E-state index is 14.2. The highest BCUT2D eigenvalue weighted by atomic mass is 35.5. The number of rotatable bonds is 4. The van der Waals surface area contributed by atoms with Crippen molar-refractivity contribution in [3.63, 3.8) is 0 Å². The van der Waals surface area contributed by atoms with Crippen molar-refractivity contribution >= 4 is 34.4 Å². The quantitative estimate of drug-likeness (QED) is 0.429. The van der Waals surface area contributed by atoms with E-state index < -0.39 is 5.82 Å². The van der Waals surface area contributed by atoms with Gasteiger partial charge >= 0.3 is 0 Å². The van der Waals surface area contributed by atoms with E-state index in [1.54, 1.807) is 42.6 Å². The molecule has 0 aliphatic carbocycles. The highest BCUT2D eigenvalue weighted by Crippen LogP contribution is 2.23. The lowest BCUT2D eigenvalue weighted by atomic mass is 10.1. The second-order valence-electron chi connectivity index (χ2n) is 5.64. The topological polar surface area (TPSA) is 63.6 Å². The number of halogens is 2. The Bertz CT molecular complexity index is 1130. The van der Waals surface area contributed by atoms with Crippen molar-refractivity contribution in [1.29, 1.82) is 0 Å². The Kier molecular flexibility index (Phi) is 4.10. The molecule has 0 saturated heterocycles. The number of nitrogens with zero attached hydrogens (tertiary/aromatic N) is 3. The third kappa shape index (κ3) is 3.02. The van der Waals surface area contributed by atoms with Crippen LogP contribution in [0.4, 0.5) is 4.39 Å². The summed E-state index contributed by atoms with van der Waals surface area (Å²) in [5, 5.41) is 5.28. The number of ketones is 1. The van der Waals surface area contributed by atoms with Crippen molar-refractivity contribution in [2.75, 3.05) is 0 Å². The predicted molar refractivity (Wildman–Crippen MR) is 98.0 cm³/mol. The van der Waals surface area contributed by atoms with E-state index in [1.165, 1.54) is 29.5 Å². The number of fused-ring (bicyclic) bond motifs is 1. The van der Waals surface area contributed by atoms with Gasteiger partial charge in [-0.3, -0.25) is 4.79 Å². The molecule has 4 aromatic rings. The first-order valence-electron chi connectivity index (χ1n) is 7.75. The van der Waals surface area contributed by atoms with E-state index in [0.29, 0.717) is 21.8 Å². The van der Waals surface area contributed by atoms with Crippen LogP contribution in [0, 0.1) is 5.82 Å². The van der Waals surface area contributed by atoms with E-state index in [2.05, 4.69) is 15.1 Å². The molecular weight excluding hydrogens is 355 g/mol. The Morgan fingerprint density at radius 1 is 1.23 bits per heavy atom. The molecule has 2 heterocycles. The lowest BCUT2D eigenvalue weighted by Crippen LogP contribution is -1.98. The number of aromatic amines is 1. The number of hydrogen-bond acceptors (Lipinski definition) is 3. The van der Waals surface area contributed by atoms with Crippen molar-refractivity contribution in [3.8, 4) is 5.69 Å². The smallest absolute Gasteiger partial charge is 0.187 e. The first-order chi connectivity index (χ1) is 12.6. The number of allylic oxidation sites excluding steroid dienone is 1. The molecule has 1 N–H and O–H groups in total. The van der Waals surface area contributed by atoms with Gasteiger partial charge in [-0.1, -0.05) is 29.8 Å². The summed E-state index contributed by atoms with van der Waals surface area (Å²) in [6.45, 7) is 0. The molecular formula is C19H12ClFN4O. The molecule has 0 unspecified atom stereocenters. The Labute approximate surface area is 152 Å². The molecule has 26 heavy (non-hydrogen) atoms. The van der Waals surface area contributed by atoms with Crippen LogP contribution in [0.1, 0.15) is 15.9 Å². The van der Waals surface area contributed by atoms with Gasteiger partial charge in [-0.2, -0.15) is 5.10 Å². The Morgan fingerprint density at radius 3 is 2.88 bits per heavy atom. The average molecular weight is 367 g/mol. The SMILES string of the molecule is O=C(C=Cc1ccc(-n2cncn2)c(F)c1)c1c[nH]c2cc(Cl)ccc12. The van der Waals surface area contributed by atoms with Crippen LogP contribution >= 0.6 is 11.6 Å². The van der Waals surface area contributed by atoms with Crippen molar-refractivity contribution in [3.05, 3.63) is 83.3 Å². The summed E-state index contributed by atoms with van der Waals surface area (Å²) < 4.78 is 15.6. The van der Waals surface area contributed by atoms with E-state index in [4.69, 9.17) is 11.6 Å². The summed E-state index contributed by atoms with van der Waals surface area (Å²) in [5.41, 5.74) is 2.19. The molecule has 0 fully saturated rings. The van der Waals surface area contributed by atoms with Crippen molar-refractivity contribution < 1.29 is 9.18 Å². The third-order valence-electron chi connectivity index (χ3n) is 3.97. The van der Waals surface area contributed by atoms with Gasteiger partial charge in [0.1, 0.15) is 24.2 Å². The van der Waals surface area contributed by atoms with Crippen LogP contribution in [0.2, 0.25) is 5.02 Å². The largest absolute Gasteiger partial charge is 0.360 e. The summed E-state index contributed by atoms with van der Waals surface area (Å²) >= 11 is 5.95. The van der Waals surface area contributed by atoms with Gasteiger partial charge in [0.05, 0.1) is 0 Å². The molecule has 0 radical (unpaired) electrons. The van der Waals surface area contributed by atoms with E-state index in [0.717, 1.165) is 10.9 Å². The Balaban J connectivity index is 1.59. The zero-order valence-corrected chi connectivity index (χ0v) is 14.1. The molecule has 128 valence electrons. The van der Waals surface area contributed by atoms with Crippen LogP contribution in [0.3, 0.4) is 0 Å². The summed E-state index contributed by atoms with van der Waals surface area (Å²) in [6, 6.07) is 9.92. The lowest BCUT2D eigenvalue weighted by molar-refractivity contribution is 0.104.